The van der Waals surface area contributed by atoms with E-state index in [2.05, 4.69) is 16.1 Å². The summed E-state index contributed by atoms with van der Waals surface area (Å²) in [5, 5.41) is 4.36. The molecule has 3 rings (SSSR count). The van der Waals surface area contributed by atoms with E-state index in [9.17, 15) is 0 Å². The molecule has 1 aromatic carbocycles. The molecule has 0 amide bonds. The number of anilines is 2. The van der Waals surface area contributed by atoms with Crippen LogP contribution < -0.4 is 10.6 Å². The predicted octanol–water partition coefficient (Wildman–Crippen LogP) is 2.75. The molecule has 4 nitrogen and oxygen atoms in total. The van der Waals surface area contributed by atoms with Crippen LogP contribution in [0.5, 0.6) is 0 Å². The van der Waals surface area contributed by atoms with Crippen LogP contribution >= 0.6 is 0 Å². The summed E-state index contributed by atoms with van der Waals surface area (Å²) >= 11 is 0. The van der Waals surface area contributed by atoms with Crippen molar-refractivity contribution in [2.75, 3.05) is 23.7 Å². The normalized spacial score (nSPS) is 15.7. The molecule has 1 saturated heterocycles. The number of hydrogen-bond acceptors (Lipinski definition) is 3. The fraction of sp³-hybridized carbons (Fsp3) is 0.400. The zero-order chi connectivity index (χ0) is 13.2. The Morgan fingerprint density at radius 3 is 2.63 bits per heavy atom. The number of rotatable bonds is 2. The first kappa shape index (κ1) is 12.1. The molecule has 2 N–H and O–H groups in total. The van der Waals surface area contributed by atoms with Crippen LogP contribution in [-0.4, -0.2) is 22.9 Å². The third-order valence-electron chi connectivity index (χ3n) is 3.69. The molecule has 0 unspecified atom stereocenters. The van der Waals surface area contributed by atoms with Crippen molar-refractivity contribution in [1.29, 1.82) is 0 Å². The van der Waals surface area contributed by atoms with Crippen LogP contribution in [0, 0.1) is 6.92 Å². The molecule has 0 spiro atoms. The number of hydrogen-bond donors (Lipinski definition) is 1. The largest absolute Gasteiger partial charge is 0.397 e. The van der Waals surface area contributed by atoms with Gasteiger partial charge in [-0.1, -0.05) is 0 Å². The lowest BCUT2D eigenvalue weighted by Gasteiger charge is -2.30. The van der Waals surface area contributed by atoms with E-state index in [4.69, 9.17) is 5.73 Å². The summed E-state index contributed by atoms with van der Waals surface area (Å²) in [4.78, 5) is 2.39. The molecule has 0 saturated carbocycles. The van der Waals surface area contributed by atoms with Crippen LogP contribution in [0.3, 0.4) is 0 Å². The van der Waals surface area contributed by atoms with Crippen molar-refractivity contribution in [3.63, 3.8) is 0 Å². The van der Waals surface area contributed by atoms with Gasteiger partial charge in [0.2, 0.25) is 0 Å². The van der Waals surface area contributed by atoms with Crippen molar-refractivity contribution in [1.82, 2.24) is 9.78 Å². The van der Waals surface area contributed by atoms with E-state index < -0.39 is 0 Å². The first-order chi connectivity index (χ1) is 9.24. The molecule has 1 aromatic heterocycles. The molecule has 1 fully saturated rings. The lowest BCUT2D eigenvalue weighted by molar-refractivity contribution is 0.578. The summed E-state index contributed by atoms with van der Waals surface area (Å²) in [7, 11) is 0. The van der Waals surface area contributed by atoms with Gasteiger partial charge in [0.25, 0.3) is 0 Å². The molecule has 2 aromatic rings. The maximum absolute atomic E-state index is 6.13. The van der Waals surface area contributed by atoms with Gasteiger partial charge in [-0.2, -0.15) is 5.10 Å². The Balaban J connectivity index is 1.95. The van der Waals surface area contributed by atoms with E-state index in [0.29, 0.717) is 0 Å². The number of nitrogens with two attached hydrogens (primary N) is 1. The highest BCUT2D eigenvalue weighted by atomic mass is 15.3. The first-order valence-corrected chi connectivity index (χ1v) is 6.90. The van der Waals surface area contributed by atoms with Gasteiger partial charge < -0.3 is 10.6 Å². The molecule has 4 heteroatoms. The van der Waals surface area contributed by atoms with Gasteiger partial charge in [-0.3, -0.25) is 0 Å². The standard InChI is InChI=1S/C15H20N4/c1-12-10-17-19(11-12)13-5-6-14(16)15(9-13)18-7-3-2-4-8-18/h5-6,9-11H,2-4,7-8,16H2,1H3. The van der Waals surface area contributed by atoms with Crippen LogP contribution in [0.4, 0.5) is 11.4 Å². The van der Waals surface area contributed by atoms with Crippen LogP contribution in [0.25, 0.3) is 5.69 Å². The van der Waals surface area contributed by atoms with Gasteiger partial charge in [0.15, 0.2) is 0 Å². The van der Waals surface area contributed by atoms with Gasteiger partial charge >= 0.3 is 0 Å². The van der Waals surface area contributed by atoms with Gasteiger partial charge in [0, 0.05) is 19.3 Å². The second-order valence-electron chi connectivity index (χ2n) is 5.25. The van der Waals surface area contributed by atoms with E-state index in [1.54, 1.807) is 0 Å². The van der Waals surface area contributed by atoms with Crippen molar-refractivity contribution in [2.45, 2.75) is 26.2 Å². The SMILES string of the molecule is Cc1cnn(-c2ccc(N)c(N3CCCCC3)c2)c1. The van der Waals surface area contributed by atoms with Gasteiger partial charge in [-0.05, 0) is 49.9 Å². The lowest BCUT2D eigenvalue weighted by Crippen LogP contribution is -2.30. The summed E-state index contributed by atoms with van der Waals surface area (Å²) in [6.45, 7) is 4.25. The highest BCUT2D eigenvalue weighted by Gasteiger charge is 2.14. The highest BCUT2D eigenvalue weighted by molar-refractivity contribution is 5.70. The Hall–Kier alpha value is -1.97. The number of aryl methyl sites for hydroxylation is 1. The number of nitrogens with zero attached hydrogens (tertiary/aromatic N) is 3. The van der Waals surface area contributed by atoms with E-state index >= 15 is 0 Å². The summed E-state index contributed by atoms with van der Waals surface area (Å²) in [5.41, 5.74) is 10.4. The molecule has 2 heterocycles. The lowest BCUT2D eigenvalue weighted by atomic mass is 10.1. The number of nitrogen functional groups attached to an aromatic ring is 1. The average molecular weight is 256 g/mol. The van der Waals surface area contributed by atoms with E-state index in [1.807, 2.05) is 36.1 Å². The summed E-state index contributed by atoms with van der Waals surface area (Å²) in [5.74, 6) is 0. The zero-order valence-electron chi connectivity index (χ0n) is 11.3. The minimum Gasteiger partial charge on any atom is -0.397 e. The number of piperidine rings is 1. The molecular weight excluding hydrogens is 236 g/mol. The smallest absolute Gasteiger partial charge is 0.0667 e. The quantitative estimate of drug-likeness (QED) is 0.840. The second kappa shape index (κ2) is 4.96. The van der Waals surface area contributed by atoms with Crippen LogP contribution in [0.2, 0.25) is 0 Å². The molecule has 0 radical (unpaired) electrons. The van der Waals surface area contributed by atoms with Crippen molar-refractivity contribution in [2.24, 2.45) is 0 Å². The molecular formula is C15H20N4. The van der Waals surface area contributed by atoms with Gasteiger partial charge in [-0.15, -0.1) is 0 Å². The molecule has 1 aliphatic heterocycles. The van der Waals surface area contributed by atoms with Crippen LogP contribution in [-0.2, 0) is 0 Å². The molecule has 19 heavy (non-hydrogen) atoms. The second-order valence-corrected chi connectivity index (χ2v) is 5.25. The minimum absolute atomic E-state index is 0.856. The van der Waals surface area contributed by atoms with Crippen LogP contribution in [0.15, 0.2) is 30.6 Å². The third kappa shape index (κ3) is 2.43. The van der Waals surface area contributed by atoms with Crippen molar-refractivity contribution in [3.05, 3.63) is 36.2 Å². The molecule has 0 atom stereocenters. The summed E-state index contributed by atoms with van der Waals surface area (Å²) in [6, 6.07) is 6.15. The molecule has 100 valence electrons. The van der Waals surface area contributed by atoms with E-state index in [0.717, 1.165) is 35.7 Å². The molecule has 1 aliphatic rings. The third-order valence-corrected chi connectivity index (χ3v) is 3.69. The minimum atomic E-state index is 0.856. The topological polar surface area (TPSA) is 47.1 Å². The van der Waals surface area contributed by atoms with Crippen molar-refractivity contribution in [3.8, 4) is 5.69 Å². The Bertz CT molecular complexity index is 567. The Morgan fingerprint density at radius 2 is 1.95 bits per heavy atom. The predicted molar refractivity (Wildman–Crippen MR) is 78.8 cm³/mol. The summed E-state index contributed by atoms with van der Waals surface area (Å²) in [6.07, 6.45) is 7.74. The zero-order valence-corrected chi connectivity index (χ0v) is 11.3. The Kier molecular flexibility index (Phi) is 3.15. The molecule has 0 aliphatic carbocycles. The van der Waals surface area contributed by atoms with Crippen molar-refractivity contribution < 1.29 is 0 Å². The highest BCUT2D eigenvalue weighted by Crippen LogP contribution is 2.28. The average Bonchev–Trinajstić information content (AvgIpc) is 2.87. The van der Waals surface area contributed by atoms with E-state index in [-0.39, 0.29) is 0 Å². The Labute approximate surface area is 113 Å². The van der Waals surface area contributed by atoms with Gasteiger partial charge in [0.1, 0.15) is 0 Å². The number of aromatic nitrogens is 2. The van der Waals surface area contributed by atoms with Gasteiger partial charge in [-0.25, -0.2) is 4.68 Å². The van der Waals surface area contributed by atoms with Crippen LogP contribution in [0.1, 0.15) is 24.8 Å². The summed E-state index contributed by atoms with van der Waals surface area (Å²) < 4.78 is 1.90. The van der Waals surface area contributed by atoms with Gasteiger partial charge in [0.05, 0.1) is 23.3 Å². The van der Waals surface area contributed by atoms with E-state index in [1.165, 1.54) is 19.3 Å². The maximum atomic E-state index is 6.13. The number of benzene rings is 1. The first-order valence-electron chi connectivity index (χ1n) is 6.90. The fourth-order valence-corrected chi connectivity index (χ4v) is 2.64. The Morgan fingerprint density at radius 1 is 1.16 bits per heavy atom. The fourth-order valence-electron chi connectivity index (χ4n) is 2.64. The maximum Gasteiger partial charge on any atom is 0.0667 e. The monoisotopic (exact) mass is 256 g/mol. The molecule has 0 bridgehead atoms. The van der Waals surface area contributed by atoms with Crippen molar-refractivity contribution >= 4 is 11.4 Å².